The zero-order valence-corrected chi connectivity index (χ0v) is 14.7. The summed E-state index contributed by atoms with van der Waals surface area (Å²) in [5, 5.41) is 0. The predicted octanol–water partition coefficient (Wildman–Crippen LogP) is 2.74. The molecule has 0 radical (unpaired) electrons. The Bertz CT molecular complexity index is 919. The molecule has 3 aliphatic heterocycles. The van der Waals surface area contributed by atoms with Crippen LogP contribution in [-0.2, 0) is 9.53 Å². The fraction of sp³-hybridized carbons (Fsp3) is 0.333. The monoisotopic (exact) mass is 366 g/mol. The van der Waals surface area contributed by atoms with Crippen LogP contribution in [0.15, 0.2) is 54.6 Å². The van der Waals surface area contributed by atoms with E-state index in [-0.39, 0.29) is 35.9 Å². The van der Waals surface area contributed by atoms with Gasteiger partial charge in [0.05, 0.1) is 24.6 Å². The minimum Gasteiger partial charge on any atom is -0.343 e. The molecule has 0 bridgehead atoms. The Labute approximate surface area is 156 Å². The second-order valence-corrected chi connectivity index (χ2v) is 7.31. The molecule has 0 N–H and O–H groups in total. The van der Waals surface area contributed by atoms with Gasteiger partial charge in [-0.25, -0.2) is 4.39 Å². The van der Waals surface area contributed by atoms with Crippen molar-refractivity contribution in [1.82, 2.24) is 9.80 Å². The van der Waals surface area contributed by atoms with Crippen LogP contribution in [0.2, 0.25) is 0 Å². The molecular weight excluding hydrogens is 347 g/mol. The van der Waals surface area contributed by atoms with E-state index in [1.807, 2.05) is 30.3 Å². The number of halogens is 1. The predicted molar refractivity (Wildman–Crippen MR) is 95.2 cm³/mol. The highest BCUT2D eigenvalue weighted by Gasteiger charge is 2.65. The molecule has 5 nitrogen and oxygen atoms in total. The molecule has 2 amide bonds. The molecule has 138 valence electrons. The van der Waals surface area contributed by atoms with Gasteiger partial charge in [0.15, 0.2) is 5.72 Å². The van der Waals surface area contributed by atoms with Crippen LogP contribution in [0.4, 0.5) is 4.39 Å². The number of carbonyl (C=O) groups excluding carboxylic acids is 2. The lowest BCUT2D eigenvalue weighted by Gasteiger charge is -2.32. The van der Waals surface area contributed by atoms with Gasteiger partial charge in [-0.05, 0) is 17.7 Å². The SMILES string of the molecule is O=C(c1ccccc1F)N1CC[C@@]23O[C@@H](c4ccccc4)CN2C(=O)C[C@@H]13. The van der Waals surface area contributed by atoms with Crippen LogP contribution >= 0.6 is 0 Å². The highest BCUT2D eigenvalue weighted by molar-refractivity contribution is 5.96. The van der Waals surface area contributed by atoms with E-state index in [1.165, 1.54) is 12.1 Å². The summed E-state index contributed by atoms with van der Waals surface area (Å²) in [5.41, 5.74) is 0.267. The lowest BCUT2D eigenvalue weighted by molar-refractivity contribution is -0.138. The molecular formula is C21H19FN2O3. The number of likely N-dealkylation sites (tertiary alicyclic amines) is 1. The molecule has 6 heteroatoms. The molecule has 0 saturated carbocycles. The number of nitrogens with zero attached hydrogens (tertiary/aromatic N) is 2. The van der Waals surface area contributed by atoms with Crippen molar-refractivity contribution in [3.8, 4) is 0 Å². The van der Waals surface area contributed by atoms with Gasteiger partial charge in [0.25, 0.3) is 5.91 Å². The van der Waals surface area contributed by atoms with Crippen LogP contribution in [0.1, 0.15) is 34.9 Å². The maximum atomic E-state index is 14.1. The van der Waals surface area contributed by atoms with Crippen molar-refractivity contribution in [2.75, 3.05) is 13.1 Å². The van der Waals surface area contributed by atoms with Crippen molar-refractivity contribution in [2.24, 2.45) is 0 Å². The van der Waals surface area contributed by atoms with Crippen molar-refractivity contribution in [1.29, 1.82) is 0 Å². The second kappa shape index (κ2) is 5.89. The van der Waals surface area contributed by atoms with Gasteiger partial charge in [0.1, 0.15) is 11.9 Å². The van der Waals surface area contributed by atoms with Gasteiger partial charge in [-0.1, -0.05) is 42.5 Å². The molecule has 5 rings (SSSR count). The van der Waals surface area contributed by atoms with Crippen LogP contribution in [0.3, 0.4) is 0 Å². The van der Waals surface area contributed by atoms with E-state index < -0.39 is 11.5 Å². The number of benzene rings is 2. The van der Waals surface area contributed by atoms with Crippen molar-refractivity contribution in [2.45, 2.75) is 30.7 Å². The van der Waals surface area contributed by atoms with Crippen LogP contribution in [0.5, 0.6) is 0 Å². The zero-order chi connectivity index (χ0) is 18.6. The van der Waals surface area contributed by atoms with E-state index in [1.54, 1.807) is 21.9 Å². The summed E-state index contributed by atoms with van der Waals surface area (Å²) in [6.45, 7) is 0.935. The Kier molecular flexibility index (Phi) is 3.59. The minimum atomic E-state index is -0.793. The molecule has 3 saturated heterocycles. The summed E-state index contributed by atoms with van der Waals surface area (Å²) in [7, 11) is 0. The van der Waals surface area contributed by atoms with Gasteiger partial charge in [-0.3, -0.25) is 9.59 Å². The average molecular weight is 366 g/mol. The van der Waals surface area contributed by atoms with Gasteiger partial charge in [-0.2, -0.15) is 0 Å². The third-order valence-corrected chi connectivity index (χ3v) is 5.96. The number of carbonyl (C=O) groups is 2. The maximum Gasteiger partial charge on any atom is 0.257 e. The van der Waals surface area contributed by atoms with Crippen molar-refractivity contribution < 1.29 is 18.7 Å². The van der Waals surface area contributed by atoms with Crippen LogP contribution in [0.25, 0.3) is 0 Å². The van der Waals surface area contributed by atoms with E-state index in [0.717, 1.165) is 5.56 Å². The molecule has 3 fully saturated rings. The van der Waals surface area contributed by atoms with E-state index in [4.69, 9.17) is 4.74 Å². The molecule has 27 heavy (non-hydrogen) atoms. The minimum absolute atomic E-state index is 0.00975. The molecule has 0 aliphatic carbocycles. The molecule has 2 aromatic rings. The highest BCUT2D eigenvalue weighted by atomic mass is 19.1. The van der Waals surface area contributed by atoms with E-state index in [0.29, 0.717) is 19.5 Å². The Balaban J connectivity index is 1.46. The third kappa shape index (κ3) is 2.33. The van der Waals surface area contributed by atoms with Gasteiger partial charge >= 0.3 is 0 Å². The van der Waals surface area contributed by atoms with Gasteiger partial charge in [-0.15, -0.1) is 0 Å². The summed E-state index contributed by atoms with van der Waals surface area (Å²) in [6.07, 6.45) is 0.565. The normalized spacial score (nSPS) is 29.1. The van der Waals surface area contributed by atoms with E-state index in [2.05, 4.69) is 0 Å². The third-order valence-electron chi connectivity index (χ3n) is 5.96. The van der Waals surface area contributed by atoms with Crippen molar-refractivity contribution in [3.05, 3.63) is 71.5 Å². The van der Waals surface area contributed by atoms with Crippen molar-refractivity contribution in [3.63, 3.8) is 0 Å². The topological polar surface area (TPSA) is 49.9 Å². The number of hydrogen-bond donors (Lipinski definition) is 0. The fourth-order valence-electron chi connectivity index (χ4n) is 4.70. The van der Waals surface area contributed by atoms with Crippen LogP contribution in [0, 0.1) is 5.82 Å². The van der Waals surface area contributed by atoms with E-state index in [9.17, 15) is 14.0 Å². The smallest absolute Gasteiger partial charge is 0.257 e. The Hall–Kier alpha value is -2.73. The fourth-order valence-corrected chi connectivity index (χ4v) is 4.70. The first-order valence-electron chi connectivity index (χ1n) is 9.19. The van der Waals surface area contributed by atoms with Crippen LogP contribution < -0.4 is 0 Å². The average Bonchev–Trinajstić information content (AvgIpc) is 3.31. The second-order valence-electron chi connectivity index (χ2n) is 7.31. The standard InChI is InChI=1S/C21H19FN2O3/c22-16-9-5-4-8-15(16)20(26)23-11-10-21-18(23)12-19(25)24(21)13-17(27-21)14-6-2-1-3-7-14/h1-9,17-18H,10-13H2/t17-,18-,21+/m1/s1. The number of amides is 2. The largest absolute Gasteiger partial charge is 0.343 e. The van der Waals surface area contributed by atoms with Crippen LogP contribution in [-0.4, -0.2) is 46.5 Å². The van der Waals surface area contributed by atoms with Gasteiger partial charge in [0, 0.05) is 13.0 Å². The molecule has 3 heterocycles. The summed E-state index contributed by atoms with van der Waals surface area (Å²) in [6, 6.07) is 15.4. The lowest BCUT2D eigenvalue weighted by atomic mass is 10.1. The maximum absolute atomic E-state index is 14.1. The number of ether oxygens (including phenoxy) is 1. The first kappa shape index (κ1) is 16.4. The number of hydrogen-bond acceptors (Lipinski definition) is 3. The number of rotatable bonds is 2. The Morgan fingerprint density at radius 1 is 1.11 bits per heavy atom. The first-order valence-corrected chi connectivity index (χ1v) is 9.19. The zero-order valence-electron chi connectivity index (χ0n) is 14.7. The summed E-state index contributed by atoms with van der Waals surface area (Å²) in [5.74, 6) is -0.931. The highest BCUT2D eigenvalue weighted by Crippen LogP contribution is 2.50. The molecule has 3 aliphatic rings. The summed E-state index contributed by atoms with van der Waals surface area (Å²) < 4.78 is 20.5. The van der Waals surface area contributed by atoms with Crippen molar-refractivity contribution >= 4 is 11.8 Å². The molecule has 0 aromatic heterocycles. The quantitative estimate of drug-likeness (QED) is 0.821. The Morgan fingerprint density at radius 3 is 2.63 bits per heavy atom. The molecule has 3 atom stereocenters. The molecule has 1 spiro atoms. The van der Waals surface area contributed by atoms with Gasteiger partial charge in [0.2, 0.25) is 5.91 Å². The molecule has 2 aromatic carbocycles. The Morgan fingerprint density at radius 2 is 1.85 bits per heavy atom. The van der Waals surface area contributed by atoms with E-state index >= 15 is 0 Å². The van der Waals surface area contributed by atoms with Gasteiger partial charge < -0.3 is 14.5 Å². The molecule has 0 unspecified atom stereocenters. The lowest BCUT2D eigenvalue weighted by Crippen LogP contribution is -2.48. The summed E-state index contributed by atoms with van der Waals surface area (Å²) >= 11 is 0. The summed E-state index contributed by atoms with van der Waals surface area (Å²) in [4.78, 5) is 29.0. The first-order chi connectivity index (χ1) is 13.1.